The number of aromatic nitrogens is 2. The standard InChI is InChI=1S/C79H113BrN2S7/c1-8-14-20-26-32-38-44-59-52-58(7)83-76(59)67-55-62(47-41-35-29-23-17-11-4)77(86-67)68-53-60(45-39-33-27-21-15-9-2)74(84-68)65-50-51-66(73-72(65)81-89-82-73)75-61(46-40-34-28-22-16-10-3)54-69(85-75)78-63(48-42-36-30-24-18-12-5)56-70(87-78)79-64(57-71(80)88-79)49-43-37-31-25-19-13-6/h50-57H,8-49H2,1-7H3. The molecule has 0 atom stereocenters. The average Bonchev–Trinajstić information content (AvgIpc) is 1.65. The van der Waals surface area contributed by atoms with Crippen molar-refractivity contribution in [2.24, 2.45) is 0 Å². The number of hydrogen-bond donors (Lipinski definition) is 0. The summed E-state index contributed by atoms with van der Waals surface area (Å²) in [6, 6.07) is 20.5. The summed E-state index contributed by atoms with van der Waals surface area (Å²) in [6.45, 7) is 16.3. The van der Waals surface area contributed by atoms with Gasteiger partial charge in [0.2, 0.25) is 0 Å². The van der Waals surface area contributed by atoms with Gasteiger partial charge in [-0.2, -0.15) is 8.75 Å². The van der Waals surface area contributed by atoms with Crippen LogP contribution >= 0.6 is 95.7 Å². The van der Waals surface area contributed by atoms with Crippen LogP contribution in [-0.4, -0.2) is 8.75 Å². The Labute approximate surface area is 578 Å². The first-order chi connectivity index (χ1) is 43.8. The normalized spacial score (nSPS) is 11.9. The van der Waals surface area contributed by atoms with Crippen molar-refractivity contribution in [1.82, 2.24) is 8.75 Å². The van der Waals surface area contributed by atoms with E-state index >= 15 is 0 Å². The molecule has 8 rings (SSSR count). The molecule has 8 aromatic rings. The Kier molecular flexibility index (Phi) is 33.3. The minimum absolute atomic E-state index is 1.10. The van der Waals surface area contributed by atoms with Crippen molar-refractivity contribution in [3.8, 4) is 59.9 Å². The van der Waals surface area contributed by atoms with Gasteiger partial charge >= 0.3 is 0 Å². The summed E-state index contributed by atoms with van der Waals surface area (Å²) < 4.78 is 11.9. The summed E-state index contributed by atoms with van der Waals surface area (Å²) in [5, 5.41) is 0. The molecule has 89 heavy (non-hydrogen) atoms. The van der Waals surface area contributed by atoms with Crippen molar-refractivity contribution >= 4 is 107 Å². The number of fused-ring (bicyclic) bond motifs is 1. The van der Waals surface area contributed by atoms with Crippen LogP contribution in [0.2, 0.25) is 0 Å². The predicted molar refractivity (Wildman–Crippen MR) is 412 cm³/mol. The second-order valence-corrected chi connectivity index (χ2v) is 34.6. The number of benzene rings is 1. The second kappa shape index (κ2) is 40.9. The van der Waals surface area contributed by atoms with Gasteiger partial charge in [0.15, 0.2) is 0 Å². The molecule has 10 heteroatoms. The largest absolute Gasteiger partial charge is 0.172 e. The molecule has 7 heterocycles. The van der Waals surface area contributed by atoms with E-state index in [1.807, 2.05) is 22.7 Å². The Morgan fingerprint density at radius 3 is 0.854 bits per heavy atom. The smallest absolute Gasteiger partial charge is 0.114 e. The number of thiophene rings is 6. The summed E-state index contributed by atoms with van der Waals surface area (Å²) in [4.78, 5) is 16.2. The number of hydrogen-bond acceptors (Lipinski definition) is 9. The molecule has 7 aromatic heterocycles. The van der Waals surface area contributed by atoms with Gasteiger partial charge < -0.3 is 0 Å². The molecule has 0 spiro atoms. The Morgan fingerprint density at radius 2 is 0.528 bits per heavy atom. The number of rotatable bonds is 48. The molecule has 0 amide bonds. The lowest BCUT2D eigenvalue weighted by Crippen LogP contribution is -1.90. The van der Waals surface area contributed by atoms with E-state index in [4.69, 9.17) is 8.75 Å². The van der Waals surface area contributed by atoms with E-state index in [1.54, 1.807) is 16.7 Å². The predicted octanol–water partition coefficient (Wildman–Crippen LogP) is 30.6. The minimum atomic E-state index is 1.10. The maximum Gasteiger partial charge on any atom is 0.114 e. The molecule has 0 aliphatic rings. The Bertz CT molecular complexity index is 3030. The summed E-state index contributed by atoms with van der Waals surface area (Å²) >= 11 is 17.7. The van der Waals surface area contributed by atoms with Gasteiger partial charge in [-0.05, 0) is 170 Å². The van der Waals surface area contributed by atoms with Gasteiger partial charge in [-0.25, -0.2) is 0 Å². The average molecular weight is 1400 g/mol. The van der Waals surface area contributed by atoms with Gasteiger partial charge in [-0.3, -0.25) is 0 Å². The van der Waals surface area contributed by atoms with Crippen LogP contribution in [0.3, 0.4) is 0 Å². The highest BCUT2D eigenvalue weighted by atomic mass is 79.9. The van der Waals surface area contributed by atoms with Crippen LogP contribution < -0.4 is 0 Å². The fourth-order valence-electron chi connectivity index (χ4n) is 13.3. The van der Waals surface area contributed by atoms with Gasteiger partial charge in [0, 0.05) is 64.8 Å². The highest BCUT2D eigenvalue weighted by molar-refractivity contribution is 9.11. The second-order valence-electron chi connectivity index (χ2n) is 26.2. The molecule has 488 valence electrons. The van der Waals surface area contributed by atoms with Crippen molar-refractivity contribution < 1.29 is 0 Å². The molecule has 0 bridgehead atoms. The van der Waals surface area contributed by atoms with Crippen molar-refractivity contribution in [1.29, 1.82) is 0 Å². The van der Waals surface area contributed by atoms with E-state index in [2.05, 4.69) is 158 Å². The van der Waals surface area contributed by atoms with E-state index in [1.165, 1.54) is 341 Å². The lowest BCUT2D eigenvalue weighted by Gasteiger charge is -2.09. The zero-order chi connectivity index (χ0) is 62.4. The van der Waals surface area contributed by atoms with E-state index in [9.17, 15) is 0 Å². The van der Waals surface area contributed by atoms with Gasteiger partial charge in [0.25, 0.3) is 0 Å². The first-order valence-electron chi connectivity index (χ1n) is 36.4. The SMILES string of the molecule is CCCCCCCCc1cc(C)sc1-c1cc(CCCCCCCC)c(-c2cc(CCCCCCCC)c(-c3ccc(-c4sc(-c5sc(-c6sc(Br)cc6CCCCCCCC)cc5CCCCCCCC)cc4CCCCCCCC)c4nsnc34)s2)s1. The van der Waals surface area contributed by atoms with Gasteiger partial charge in [-0.1, -0.05) is 246 Å². The van der Waals surface area contributed by atoms with Crippen LogP contribution in [-0.2, 0) is 38.5 Å². The maximum atomic E-state index is 5.33. The molecule has 0 unspecified atom stereocenters. The summed E-state index contributed by atoms with van der Waals surface area (Å²) in [6.07, 6.45) is 54.5. The lowest BCUT2D eigenvalue weighted by atomic mass is 9.97. The third-order valence-corrected chi connectivity index (χ3v) is 27.3. The summed E-state index contributed by atoms with van der Waals surface area (Å²) in [5.74, 6) is 0. The van der Waals surface area contributed by atoms with Crippen molar-refractivity contribution in [3.05, 3.63) is 90.6 Å². The van der Waals surface area contributed by atoms with Gasteiger partial charge in [0.05, 0.1) is 15.5 Å². The molecule has 0 saturated heterocycles. The lowest BCUT2D eigenvalue weighted by molar-refractivity contribution is 0.608. The highest BCUT2D eigenvalue weighted by Crippen LogP contribution is 2.52. The zero-order valence-corrected chi connectivity index (χ0v) is 63.7. The monoisotopic (exact) mass is 1390 g/mol. The molecule has 0 radical (unpaired) electrons. The molecule has 0 saturated carbocycles. The molecule has 0 aliphatic heterocycles. The number of aryl methyl sites for hydroxylation is 7. The van der Waals surface area contributed by atoms with Crippen LogP contribution in [0.15, 0.2) is 52.3 Å². The van der Waals surface area contributed by atoms with Crippen LogP contribution in [0.4, 0.5) is 0 Å². The highest BCUT2D eigenvalue weighted by Gasteiger charge is 2.26. The van der Waals surface area contributed by atoms with E-state index in [-0.39, 0.29) is 0 Å². The number of unbranched alkanes of at least 4 members (excludes halogenated alkanes) is 30. The topological polar surface area (TPSA) is 25.8 Å². The molecule has 0 aliphatic carbocycles. The van der Waals surface area contributed by atoms with Crippen LogP contribution in [0.5, 0.6) is 0 Å². The van der Waals surface area contributed by atoms with Crippen molar-refractivity contribution in [3.63, 3.8) is 0 Å². The molecule has 2 nitrogen and oxygen atoms in total. The van der Waals surface area contributed by atoms with Gasteiger partial charge in [0.1, 0.15) is 11.0 Å². The van der Waals surface area contributed by atoms with E-state index in [0.29, 0.717) is 0 Å². The minimum Gasteiger partial charge on any atom is -0.172 e. The van der Waals surface area contributed by atoms with Crippen molar-refractivity contribution in [2.75, 3.05) is 0 Å². The van der Waals surface area contributed by atoms with E-state index < -0.39 is 0 Å². The molecule has 0 fully saturated rings. The number of nitrogens with zero attached hydrogens (tertiary/aromatic N) is 2. The first-order valence-corrected chi connectivity index (χ1v) is 42.9. The maximum absolute atomic E-state index is 5.33. The summed E-state index contributed by atoms with van der Waals surface area (Å²) in [5.41, 5.74) is 14.0. The van der Waals surface area contributed by atoms with Crippen LogP contribution in [0.25, 0.3) is 70.9 Å². The van der Waals surface area contributed by atoms with Crippen LogP contribution in [0, 0.1) is 6.92 Å². The van der Waals surface area contributed by atoms with Crippen LogP contribution in [0.1, 0.15) is 311 Å². The Hall–Kier alpha value is -2.28. The summed E-state index contributed by atoms with van der Waals surface area (Å²) in [7, 11) is 0. The fraction of sp³-hybridized carbons (Fsp3) is 0.620. The molecular weight excluding hydrogens is 1280 g/mol. The Balaban J connectivity index is 1.18. The quantitative estimate of drug-likeness (QED) is 0.0355. The third-order valence-electron chi connectivity index (χ3n) is 18.5. The molecular formula is C79H113BrN2S7. The Morgan fingerprint density at radius 1 is 0.281 bits per heavy atom. The van der Waals surface area contributed by atoms with E-state index in [0.717, 1.165) is 36.7 Å². The number of halogens is 1. The van der Waals surface area contributed by atoms with Crippen molar-refractivity contribution in [2.45, 2.75) is 318 Å². The molecule has 1 aromatic carbocycles. The van der Waals surface area contributed by atoms with Gasteiger partial charge in [-0.15, -0.1) is 68.0 Å². The first kappa shape index (κ1) is 72.5. The molecule has 0 N–H and O–H groups in total. The third kappa shape index (κ3) is 22.1. The zero-order valence-electron chi connectivity index (χ0n) is 56.4. The fourth-order valence-corrected chi connectivity index (χ4v) is 22.1.